The van der Waals surface area contributed by atoms with Gasteiger partial charge in [-0.2, -0.15) is 8.78 Å². The van der Waals surface area contributed by atoms with Gasteiger partial charge < -0.3 is 0 Å². The van der Waals surface area contributed by atoms with Crippen LogP contribution < -0.4 is 0 Å². The van der Waals surface area contributed by atoms with Gasteiger partial charge in [0.05, 0.1) is 5.52 Å². The van der Waals surface area contributed by atoms with Gasteiger partial charge in [0, 0.05) is 23.5 Å². The molecule has 2 aromatic heterocycles. The number of rotatable bonds is 1. The Morgan fingerprint density at radius 2 is 2.00 bits per heavy atom. The number of fused-ring (bicyclic) bond motifs is 1. The van der Waals surface area contributed by atoms with Gasteiger partial charge in [-0.05, 0) is 19.1 Å². The van der Waals surface area contributed by atoms with Crippen molar-refractivity contribution in [3.63, 3.8) is 0 Å². The van der Waals surface area contributed by atoms with Crippen molar-refractivity contribution in [2.24, 2.45) is 0 Å². The summed E-state index contributed by atoms with van der Waals surface area (Å²) in [6, 6.07) is 3.29. The molecule has 0 aliphatic rings. The van der Waals surface area contributed by atoms with E-state index in [1.54, 1.807) is 25.3 Å². The number of aromatic nitrogens is 2. The van der Waals surface area contributed by atoms with Gasteiger partial charge >= 0.3 is 6.55 Å². The molecule has 0 amide bonds. The summed E-state index contributed by atoms with van der Waals surface area (Å²) in [6.07, 6.45) is 3.10. The fourth-order valence-corrected chi connectivity index (χ4v) is 1.47. The summed E-state index contributed by atoms with van der Waals surface area (Å²) in [5.41, 5.74) is 1.08. The Kier molecular flexibility index (Phi) is 3.77. The van der Waals surface area contributed by atoms with E-state index in [1.807, 2.05) is 13.8 Å². The first-order valence-electron chi connectivity index (χ1n) is 4.90. The number of alkyl halides is 2. The van der Waals surface area contributed by atoms with E-state index in [9.17, 15) is 8.78 Å². The maximum absolute atomic E-state index is 12.5. The molecule has 0 saturated carbocycles. The molecule has 0 aliphatic carbocycles. The van der Waals surface area contributed by atoms with Crippen LogP contribution >= 0.6 is 0 Å². The second kappa shape index (κ2) is 4.87. The van der Waals surface area contributed by atoms with Crippen molar-refractivity contribution in [1.29, 1.82) is 0 Å². The van der Waals surface area contributed by atoms with Crippen LogP contribution in [0.15, 0.2) is 24.5 Å². The zero-order chi connectivity index (χ0) is 11.4. The van der Waals surface area contributed by atoms with Gasteiger partial charge in [0.25, 0.3) is 0 Å². The van der Waals surface area contributed by atoms with Crippen molar-refractivity contribution in [3.8, 4) is 0 Å². The van der Waals surface area contributed by atoms with Crippen LogP contribution in [0.4, 0.5) is 8.78 Å². The minimum Gasteiger partial charge on any atom is -0.288 e. The van der Waals surface area contributed by atoms with Gasteiger partial charge in [-0.15, -0.1) is 0 Å². The van der Waals surface area contributed by atoms with Crippen LogP contribution in [-0.2, 0) is 0 Å². The van der Waals surface area contributed by atoms with E-state index in [-0.39, 0.29) is 0 Å². The van der Waals surface area contributed by atoms with Crippen LogP contribution in [0.1, 0.15) is 26.1 Å². The molecule has 0 saturated heterocycles. The minimum atomic E-state index is -2.49. The highest BCUT2D eigenvalue weighted by Crippen LogP contribution is 2.24. The molecule has 15 heavy (non-hydrogen) atoms. The van der Waals surface area contributed by atoms with Crippen molar-refractivity contribution in [3.05, 3.63) is 30.2 Å². The molecule has 0 atom stereocenters. The molecule has 4 heteroatoms. The highest BCUT2D eigenvalue weighted by molar-refractivity contribution is 5.80. The standard InChI is InChI=1S/C9H8F2N2.C2H6/c1-6-4-7-5-12-3-2-8(7)13(6)9(10)11;1-2/h2-5,9H,1H3;1-2H3. The van der Waals surface area contributed by atoms with E-state index in [1.165, 1.54) is 6.20 Å². The normalized spacial score (nSPS) is 10.3. The SMILES string of the molecule is CC.Cc1cc2cnccc2n1C(F)F. The number of nitrogens with zero attached hydrogens (tertiary/aromatic N) is 2. The van der Waals surface area contributed by atoms with Gasteiger partial charge in [0.15, 0.2) is 0 Å². The zero-order valence-corrected chi connectivity index (χ0v) is 9.04. The first-order valence-corrected chi connectivity index (χ1v) is 4.90. The Labute approximate surface area is 87.5 Å². The fourth-order valence-electron chi connectivity index (χ4n) is 1.47. The molecule has 0 unspecified atom stereocenters. The second-order valence-electron chi connectivity index (χ2n) is 2.87. The lowest BCUT2D eigenvalue weighted by Gasteiger charge is -2.04. The van der Waals surface area contributed by atoms with E-state index in [4.69, 9.17) is 0 Å². The van der Waals surface area contributed by atoms with Crippen molar-refractivity contribution >= 4 is 10.9 Å². The Morgan fingerprint density at radius 1 is 1.33 bits per heavy atom. The molecule has 2 aromatic rings. The van der Waals surface area contributed by atoms with Crippen LogP contribution in [0.3, 0.4) is 0 Å². The lowest BCUT2D eigenvalue weighted by atomic mass is 10.3. The molecule has 2 heterocycles. The highest BCUT2D eigenvalue weighted by Gasteiger charge is 2.12. The molecular formula is C11H14F2N2. The summed E-state index contributed by atoms with van der Waals surface area (Å²) < 4.78 is 26.1. The third-order valence-corrected chi connectivity index (χ3v) is 2.03. The number of hydrogen-bond acceptors (Lipinski definition) is 1. The van der Waals surface area contributed by atoms with Gasteiger partial charge in [-0.3, -0.25) is 9.55 Å². The monoisotopic (exact) mass is 212 g/mol. The molecule has 0 N–H and O–H groups in total. The van der Waals surface area contributed by atoms with E-state index in [0.29, 0.717) is 11.2 Å². The van der Waals surface area contributed by atoms with E-state index < -0.39 is 6.55 Å². The highest BCUT2D eigenvalue weighted by atomic mass is 19.3. The number of pyridine rings is 1. The van der Waals surface area contributed by atoms with E-state index in [0.717, 1.165) is 9.95 Å². The molecule has 2 nitrogen and oxygen atoms in total. The smallest absolute Gasteiger partial charge is 0.288 e. The maximum atomic E-state index is 12.5. The average molecular weight is 212 g/mol. The molecule has 0 fully saturated rings. The lowest BCUT2D eigenvalue weighted by Crippen LogP contribution is -1.99. The molecule has 0 aliphatic heterocycles. The second-order valence-corrected chi connectivity index (χ2v) is 2.87. The number of halogens is 2. The largest absolute Gasteiger partial charge is 0.319 e. The van der Waals surface area contributed by atoms with Crippen LogP contribution in [0, 0.1) is 6.92 Å². The fraction of sp³-hybridized carbons (Fsp3) is 0.364. The maximum Gasteiger partial charge on any atom is 0.319 e. The van der Waals surface area contributed by atoms with E-state index >= 15 is 0 Å². The Balaban J connectivity index is 0.000000531. The van der Waals surface area contributed by atoms with Gasteiger partial charge in [0.1, 0.15) is 0 Å². The van der Waals surface area contributed by atoms with E-state index in [2.05, 4.69) is 4.98 Å². The molecule has 0 radical (unpaired) electrons. The zero-order valence-electron chi connectivity index (χ0n) is 9.04. The summed E-state index contributed by atoms with van der Waals surface area (Å²) >= 11 is 0. The third kappa shape index (κ3) is 2.14. The Hall–Kier alpha value is -1.45. The molecule has 0 aromatic carbocycles. The first kappa shape index (κ1) is 11.6. The molecule has 0 bridgehead atoms. The lowest BCUT2D eigenvalue weighted by molar-refractivity contribution is 0.0732. The van der Waals surface area contributed by atoms with Gasteiger partial charge in [-0.1, -0.05) is 13.8 Å². The summed E-state index contributed by atoms with van der Waals surface area (Å²) in [5, 5.41) is 0.750. The predicted octanol–water partition coefficient (Wildman–Crippen LogP) is 3.77. The number of hydrogen-bond donors (Lipinski definition) is 0. The minimum absolute atomic E-state index is 0.530. The van der Waals surface area contributed by atoms with Crippen molar-refractivity contribution in [2.75, 3.05) is 0 Å². The van der Waals surface area contributed by atoms with Crippen LogP contribution in [0.5, 0.6) is 0 Å². The van der Waals surface area contributed by atoms with Gasteiger partial charge in [-0.25, -0.2) is 0 Å². The van der Waals surface area contributed by atoms with Crippen LogP contribution in [-0.4, -0.2) is 9.55 Å². The number of aryl methyl sites for hydroxylation is 1. The summed E-state index contributed by atoms with van der Waals surface area (Å²) in [5.74, 6) is 0. The Bertz CT molecular complexity index is 435. The molecule has 82 valence electrons. The van der Waals surface area contributed by atoms with Crippen LogP contribution in [0.25, 0.3) is 10.9 Å². The molecular weight excluding hydrogens is 198 g/mol. The van der Waals surface area contributed by atoms with Gasteiger partial charge in [0.2, 0.25) is 0 Å². The molecule has 2 rings (SSSR count). The summed E-state index contributed by atoms with van der Waals surface area (Å²) in [6.45, 7) is 3.17. The van der Waals surface area contributed by atoms with Crippen molar-refractivity contribution in [1.82, 2.24) is 9.55 Å². The average Bonchev–Trinajstić information content (AvgIpc) is 2.56. The first-order chi connectivity index (χ1) is 7.20. The van der Waals surface area contributed by atoms with Crippen LogP contribution in [0.2, 0.25) is 0 Å². The summed E-state index contributed by atoms with van der Waals surface area (Å²) in [7, 11) is 0. The van der Waals surface area contributed by atoms with Crippen molar-refractivity contribution < 1.29 is 8.78 Å². The van der Waals surface area contributed by atoms with Crippen molar-refractivity contribution in [2.45, 2.75) is 27.3 Å². The predicted molar refractivity (Wildman–Crippen MR) is 57.1 cm³/mol. The third-order valence-electron chi connectivity index (χ3n) is 2.03. The quantitative estimate of drug-likeness (QED) is 0.703. The topological polar surface area (TPSA) is 17.8 Å². The summed E-state index contributed by atoms with van der Waals surface area (Å²) in [4.78, 5) is 3.87. The Morgan fingerprint density at radius 3 is 2.60 bits per heavy atom. The molecule has 0 spiro atoms.